The molecule has 0 spiro atoms. The number of hydrogen-bond acceptors (Lipinski definition) is 0. The van der Waals surface area contributed by atoms with Crippen LogP contribution in [-0.2, 0) is 0 Å². The summed E-state index contributed by atoms with van der Waals surface area (Å²) in [7, 11) is 0. The Labute approximate surface area is 101 Å². The first-order chi connectivity index (χ1) is 7.36. The highest BCUT2D eigenvalue weighted by Crippen LogP contribution is 2.13. The van der Waals surface area contributed by atoms with Gasteiger partial charge in [-0.15, -0.1) is 0 Å². The van der Waals surface area contributed by atoms with Gasteiger partial charge in [-0.2, -0.15) is 0 Å². The second kappa shape index (κ2) is 10.1. The second-order valence-electron chi connectivity index (χ2n) is 5.31. The van der Waals surface area contributed by atoms with E-state index in [1.165, 1.54) is 71.0 Å². The van der Waals surface area contributed by atoms with E-state index in [9.17, 15) is 0 Å². The predicted octanol–water partition coefficient (Wildman–Crippen LogP) is -0.334. The van der Waals surface area contributed by atoms with Crippen molar-refractivity contribution in [3.8, 4) is 0 Å². The Morgan fingerprint density at radius 3 is 2.56 bits per heavy atom. The molecule has 0 aromatic rings. The molecular weight excluding hydrogens is 201 g/mol. The molecule has 1 saturated heterocycles. The van der Waals surface area contributed by atoms with Crippen molar-refractivity contribution in [3.63, 3.8) is 0 Å². The van der Waals surface area contributed by atoms with E-state index in [2.05, 4.69) is 13.8 Å². The number of halogens is 1. The third-order valence-corrected chi connectivity index (χ3v) is 3.80. The van der Waals surface area contributed by atoms with Gasteiger partial charge in [0.15, 0.2) is 0 Å². The Balaban J connectivity index is 0.00000225. The molecule has 0 bridgehead atoms. The lowest BCUT2D eigenvalue weighted by Gasteiger charge is -2.29. The molecular formula is C14H30FN. The van der Waals surface area contributed by atoms with Gasteiger partial charge in [0.2, 0.25) is 0 Å². The number of hydrogen-bond donors (Lipinski definition) is 1. The molecule has 16 heavy (non-hydrogen) atoms. The zero-order valence-corrected chi connectivity index (χ0v) is 11.2. The lowest BCUT2D eigenvalue weighted by atomic mass is 9.93. The smallest absolute Gasteiger partial charge is 0.0799 e. The van der Waals surface area contributed by atoms with Gasteiger partial charge >= 0.3 is 0 Å². The number of quaternary nitrogens is 1. The van der Waals surface area contributed by atoms with Crippen LogP contribution in [0.1, 0.15) is 65.2 Å². The summed E-state index contributed by atoms with van der Waals surface area (Å²) < 4.78 is 0. The van der Waals surface area contributed by atoms with Crippen LogP contribution in [0.15, 0.2) is 0 Å². The summed E-state index contributed by atoms with van der Waals surface area (Å²) in [6, 6.07) is 0. The van der Waals surface area contributed by atoms with Gasteiger partial charge in [-0.05, 0) is 32.1 Å². The average molecular weight is 231 g/mol. The van der Waals surface area contributed by atoms with Crippen molar-refractivity contribution in [2.75, 3.05) is 19.6 Å². The number of rotatable bonds is 7. The lowest BCUT2D eigenvalue weighted by Crippen LogP contribution is -3.13. The van der Waals surface area contributed by atoms with Gasteiger partial charge in [-0.3, -0.25) is 0 Å². The van der Waals surface area contributed by atoms with Crippen LogP contribution < -0.4 is 9.60 Å². The SMILES string of the molecule is CCCCCC[NH+]1CCCC(CCC)C1.[F-]. The molecule has 1 aliphatic heterocycles. The van der Waals surface area contributed by atoms with Crippen molar-refractivity contribution in [1.29, 1.82) is 0 Å². The van der Waals surface area contributed by atoms with Gasteiger partial charge in [-0.25, -0.2) is 0 Å². The first-order valence-corrected chi connectivity index (χ1v) is 7.20. The van der Waals surface area contributed by atoms with Gasteiger partial charge in [0.25, 0.3) is 0 Å². The van der Waals surface area contributed by atoms with Crippen LogP contribution in [0, 0.1) is 5.92 Å². The summed E-state index contributed by atoms with van der Waals surface area (Å²) in [5.74, 6) is 1.05. The summed E-state index contributed by atoms with van der Waals surface area (Å²) in [5.41, 5.74) is 0. The van der Waals surface area contributed by atoms with E-state index in [0.29, 0.717) is 0 Å². The van der Waals surface area contributed by atoms with Gasteiger partial charge in [0.05, 0.1) is 19.6 Å². The fraction of sp³-hybridized carbons (Fsp3) is 1.00. The molecule has 0 aliphatic carbocycles. The normalized spacial score (nSPS) is 25.1. The minimum absolute atomic E-state index is 0. The van der Waals surface area contributed by atoms with Gasteiger partial charge in [-0.1, -0.05) is 33.1 Å². The molecule has 1 fully saturated rings. The number of likely N-dealkylation sites (tertiary alicyclic amines) is 1. The minimum atomic E-state index is 0. The number of unbranched alkanes of at least 4 members (excludes halogenated alkanes) is 3. The Bertz CT molecular complexity index is 148. The highest BCUT2D eigenvalue weighted by molar-refractivity contribution is 4.61. The molecule has 1 rings (SSSR count). The minimum Gasteiger partial charge on any atom is -1.00 e. The molecule has 98 valence electrons. The highest BCUT2D eigenvalue weighted by atomic mass is 19.0. The molecule has 1 N–H and O–H groups in total. The van der Waals surface area contributed by atoms with Crippen molar-refractivity contribution in [2.24, 2.45) is 5.92 Å². The summed E-state index contributed by atoms with van der Waals surface area (Å²) in [5, 5.41) is 0. The van der Waals surface area contributed by atoms with Crippen LogP contribution >= 0.6 is 0 Å². The van der Waals surface area contributed by atoms with E-state index < -0.39 is 0 Å². The standard InChI is InChI=1S/C14H29N.FH/c1-3-5-6-7-11-15-12-8-10-14(13-15)9-4-2;/h14H,3-13H2,1-2H3;1H. The van der Waals surface area contributed by atoms with Gasteiger partial charge < -0.3 is 9.60 Å². The largest absolute Gasteiger partial charge is 1.00 e. The van der Waals surface area contributed by atoms with Crippen LogP contribution in [-0.4, -0.2) is 19.6 Å². The van der Waals surface area contributed by atoms with Crippen molar-refractivity contribution >= 4 is 0 Å². The molecule has 2 heteroatoms. The third kappa shape index (κ3) is 6.47. The molecule has 0 aromatic heterocycles. The third-order valence-electron chi connectivity index (χ3n) is 3.80. The van der Waals surface area contributed by atoms with Gasteiger partial charge in [0.1, 0.15) is 0 Å². The van der Waals surface area contributed by atoms with Crippen LogP contribution in [0.2, 0.25) is 0 Å². The Hall–Kier alpha value is -0.110. The van der Waals surface area contributed by atoms with Crippen LogP contribution in [0.25, 0.3) is 0 Å². The van der Waals surface area contributed by atoms with Crippen molar-refractivity contribution in [1.82, 2.24) is 0 Å². The van der Waals surface area contributed by atoms with Crippen molar-refractivity contribution < 1.29 is 9.60 Å². The van der Waals surface area contributed by atoms with Gasteiger partial charge in [0, 0.05) is 5.92 Å². The molecule has 1 heterocycles. The van der Waals surface area contributed by atoms with E-state index >= 15 is 0 Å². The molecule has 0 aromatic carbocycles. The molecule has 0 saturated carbocycles. The van der Waals surface area contributed by atoms with E-state index in [4.69, 9.17) is 0 Å². The second-order valence-corrected chi connectivity index (χ2v) is 5.31. The van der Waals surface area contributed by atoms with E-state index in [1.807, 2.05) is 4.90 Å². The zero-order chi connectivity index (χ0) is 10.9. The molecule has 0 radical (unpaired) electrons. The first kappa shape index (κ1) is 15.9. The monoisotopic (exact) mass is 231 g/mol. The maximum atomic E-state index is 2.33. The van der Waals surface area contributed by atoms with E-state index in [1.54, 1.807) is 0 Å². The molecule has 1 aliphatic rings. The Morgan fingerprint density at radius 2 is 1.88 bits per heavy atom. The maximum absolute atomic E-state index is 2.33. The zero-order valence-electron chi connectivity index (χ0n) is 11.2. The van der Waals surface area contributed by atoms with Crippen LogP contribution in [0.3, 0.4) is 0 Å². The highest BCUT2D eigenvalue weighted by Gasteiger charge is 2.21. The lowest BCUT2D eigenvalue weighted by molar-refractivity contribution is -0.909. The van der Waals surface area contributed by atoms with Crippen molar-refractivity contribution in [2.45, 2.75) is 65.2 Å². The fourth-order valence-corrected chi connectivity index (χ4v) is 2.94. The Kier molecular flexibility index (Phi) is 10.0. The molecule has 2 atom stereocenters. The topological polar surface area (TPSA) is 4.44 Å². The average Bonchev–Trinajstić information content (AvgIpc) is 2.26. The number of nitrogens with one attached hydrogen (secondary N) is 1. The summed E-state index contributed by atoms with van der Waals surface area (Å²) in [6.07, 6.45) is 11.6. The first-order valence-electron chi connectivity index (χ1n) is 7.20. The Morgan fingerprint density at radius 1 is 1.06 bits per heavy atom. The van der Waals surface area contributed by atoms with Crippen molar-refractivity contribution in [3.05, 3.63) is 0 Å². The molecule has 0 amide bonds. The quantitative estimate of drug-likeness (QED) is 0.572. The molecule has 2 unspecified atom stereocenters. The summed E-state index contributed by atoms with van der Waals surface area (Å²) >= 11 is 0. The van der Waals surface area contributed by atoms with E-state index in [-0.39, 0.29) is 4.70 Å². The summed E-state index contributed by atoms with van der Waals surface area (Å²) in [4.78, 5) is 1.90. The van der Waals surface area contributed by atoms with Crippen LogP contribution in [0.5, 0.6) is 0 Å². The summed E-state index contributed by atoms with van der Waals surface area (Å²) in [6.45, 7) is 8.99. The van der Waals surface area contributed by atoms with Crippen LogP contribution in [0.4, 0.5) is 0 Å². The number of piperidine rings is 1. The molecule has 1 nitrogen and oxygen atoms in total. The fourth-order valence-electron chi connectivity index (χ4n) is 2.94. The van der Waals surface area contributed by atoms with E-state index in [0.717, 1.165) is 5.92 Å². The predicted molar refractivity (Wildman–Crippen MR) is 67.3 cm³/mol. The maximum Gasteiger partial charge on any atom is 0.0799 e.